The van der Waals surface area contributed by atoms with Crippen LogP contribution in [0.2, 0.25) is 0 Å². The molecule has 0 aliphatic heterocycles. The fraction of sp³-hybridized carbons (Fsp3) is 0.0909. The van der Waals surface area contributed by atoms with Crippen LogP contribution in [0.5, 0.6) is 11.5 Å². The third kappa shape index (κ3) is 1.88. The number of benzene rings is 1. The van der Waals surface area contributed by atoms with Gasteiger partial charge in [0.1, 0.15) is 12.1 Å². The van der Waals surface area contributed by atoms with Gasteiger partial charge in [-0.05, 0) is 19.1 Å². The number of aryl methyl sites for hydroxylation is 1. The van der Waals surface area contributed by atoms with E-state index in [9.17, 15) is 0 Å². The van der Waals surface area contributed by atoms with E-state index in [2.05, 4.69) is 9.97 Å². The Kier molecular flexibility index (Phi) is 2.40. The van der Waals surface area contributed by atoms with Crippen molar-refractivity contribution in [3.05, 3.63) is 48.5 Å². The van der Waals surface area contributed by atoms with Crippen molar-refractivity contribution in [3.63, 3.8) is 0 Å². The molecule has 1 aromatic heterocycles. The van der Waals surface area contributed by atoms with Crippen LogP contribution >= 0.6 is 0 Å². The van der Waals surface area contributed by atoms with Gasteiger partial charge in [-0.25, -0.2) is 9.97 Å². The van der Waals surface area contributed by atoms with Crippen molar-refractivity contribution >= 4 is 0 Å². The lowest BCUT2D eigenvalue weighted by Crippen LogP contribution is -1.90. The summed E-state index contributed by atoms with van der Waals surface area (Å²) in [6.45, 7) is 1.89. The van der Waals surface area contributed by atoms with Crippen LogP contribution in [0.3, 0.4) is 0 Å². The average molecular weight is 186 g/mol. The van der Waals surface area contributed by atoms with Crippen LogP contribution in [0.25, 0.3) is 0 Å². The molecule has 0 atom stereocenters. The Morgan fingerprint density at radius 2 is 1.93 bits per heavy atom. The average Bonchev–Trinajstić information content (AvgIpc) is 2.23. The van der Waals surface area contributed by atoms with Crippen LogP contribution in [0.4, 0.5) is 0 Å². The molecule has 1 heterocycles. The van der Waals surface area contributed by atoms with Crippen LogP contribution in [-0.2, 0) is 0 Å². The molecule has 1 aromatic carbocycles. The number of hydrogen-bond donors (Lipinski definition) is 0. The van der Waals surface area contributed by atoms with Crippen molar-refractivity contribution in [2.24, 2.45) is 0 Å². The Morgan fingerprint density at radius 1 is 1.14 bits per heavy atom. The smallest absolute Gasteiger partial charge is 0.166 e. The van der Waals surface area contributed by atoms with E-state index in [0.29, 0.717) is 5.75 Å². The maximum Gasteiger partial charge on any atom is 0.166 e. The van der Waals surface area contributed by atoms with Gasteiger partial charge in [-0.1, -0.05) is 18.2 Å². The molecule has 0 saturated heterocycles. The fourth-order valence-electron chi connectivity index (χ4n) is 1.09. The van der Waals surface area contributed by atoms with Crippen molar-refractivity contribution in [1.29, 1.82) is 0 Å². The molecule has 0 saturated carbocycles. The van der Waals surface area contributed by atoms with Crippen molar-refractivity contribution in [1.82, 2.24) is 9.97 Å². The third-order valence-electron chi connectivity index (χ3n) is 1.84. The number of ether oxygens (including phenoxy) is 1. The van der Waals surface area contributed by atoms with Crippen molar-refractivity contribution in [2.75, 3.05) is 0 Å². The zero-order valence-corrected chi connectivity index (χ0v) is 7.84. The Hall–Kier alpha value is -1.90. The molecular formula is C11H10N2O. The minimum Gasteiger partial charge on any atom is -0.454 e. The van der Waals surface area contributed by atoms with E-state index in [-0.39, 0.29) is 0 Å². The predicted octanol–water partition coefficient (Wildman–Crippen LogP) is 2.58. The highest BCUT2D eigenvalue weighted by Crippen LogP contribution is 2.21. The number of hydrogen-bond acceptors (Lipinski definition) is 3. The number of para-hydroxylation sites is 1. The molecule has 2 rings (SSSR count). The second kappa shape index (κ2) is 3.87. The van der Waals surface area contributed by atoms with Crippen LogP contribution in [0.15, 0.2) is 42.9 Å². The second-order valence-corrected chi connectivity index (χ2v) is 2.89. The lowest BCUT2D eigenvalue weighted by Gasteiger charge is -2.05. The summed E-state index contributed by atoms with van der Waals surface area (Å²) in [5, 5.41) is 0. The Morgan fingerprint density at radius 3 is 2.64 bits per heavy atom. The molecule has 2 aromatic rings. The van der Waals surface area contributed by atoms with Gasteiger partial charge in [-0.3, -0.25) is 0 Å². The highest BCUT2D eigenvalue weighted by molar-refractivity contribution is 5.30. The lowest BCUT2D eigenvalue weighted by atomic mass is 10.3. The molecule has 0 aliphatic rings. The molecule has 0 bridgehead atoms. The van der Waals surface area contributed by atoms with Gasteiger partial charge in [0.05, 0.1) is 11.9 Å². The molecule has 0 N–H and O–H groups in total. The first kappa shape index (κ1) is 8.69. The van der Waals surface area contributed by atoms with Gasteiger partial charge in [-0.2, -0.15) is 0 Å². The first-order chi connectivity index (χ1) is 6.86. The van der Waals surface area contributed by atoms with Crippen molar-refractivity contribution in [3.8, 4) is 11.5 Å². The lowest BCUT2D eigenvalue weighted by molar-refractivity contribution is 0.472. The summed E-state index contributed by atoms with van der Waals surface area (Å²) in [4.78, 5) is 7.94. The molecule has 3 nitrogen and oxygen atoms in total. The minimum atomic E-state index is 0.693. The maximum absolute atomic E-state index is 5.58. The topological polar surface area (TPSA) is 35.0 Å². The summed E-state index contributed by atoms with van der Waals surface area (Å²) in [6, 6.07) is 9.59. The van der Waals surface area contributed by atoms with E-state index in [4.69, 9.17) is 4.74 Å². The quantitative estimate of drug-likeness (QED) is 0.723. The van der Waals surface area contributed by atoms with Gasteiger partial charge in [0.25, 0.3) is 0 Å². The van der Waals surface area contributed by atoms with Gasteiger partial charge < -0.3 is 4.74 Å². The molecule has 0 radical (unpaired) electrons. The van der Waals surface area contributed by atoms with Crippen LogP contribution in [0.1, 0.15) is 5.69 Å². The maximum atomic E-state index is 5.58. The summed E-state index contributed by atoms with van der Waals surface area (Å²) >= 11 is 0. The fourth-order valence-corrected chi connectivity index (χ4v) is 1.09. The summed E-state index contributed by atoms with van der Waals surface area (Å²) in [5.74, 6) is 1.49. The molecule has 0 fully saturated rings. The zero-order valence-electron chi connectivity index (χ0n) is 7.84. The Balaban J connectivity index is 2.24. The monoisotopic (exact) mass is 186 g/mol. The van der Waals surface area contributed by atoms with Gasteiger partial charge in [0.15, 0.2) is 5.75 Å². The second-order valence-electron chi connectivity index (χ2n) is 2.89. The molecule has 0 amide bonds. The minimum absolute atomic E-state index is 0.693. The van der Waals surface area contributed by atoms with E-state index < -0.39 is 0 Å². The van der Waals surface area contributed by atoms with E-state index in [1.54, 1.807) is 6.20 Å². The Labute approximate surface area is 82.4 Å². The molecule has 14 heavy (non-hydrogen) atoms. The summed E-state index contributed by atoms with van der Waals surface area (Å²) < 4.78 is 5.58. The highest BCUT2D eigenvalue weighted by atomic mass is 16.5. The first-order valence-electron chi connectivity index (χ1n) is 4.36. The first-order valence-corrected chi connectivity index (χ1v) is 4.36. The van der Waals surface area contributed by atoms with Gasteiger partial charge >= 0.3 is 0 Å². The molecule has 3 heteroatoms. The van der Waals surface area contributed by atoms with Gasteiger partial charge in [0, 0.05) is 0 Å². The van der Waals surface area contributed by atoms with E-state index in [1.165, 1.54) is 6.33 Å². The van der Waals surface area contributed by atoms with Crippen molar-refractivity contribution in [2.45, 2.75) is 6.92 Å². The van der Waals surface area contributed by atoms with E-state index in [1.807, 2.05) is 37.3 Å². The number of nitrogens with zero attached hydrogens (tertiary/aromatic N) is 2. The van der Waals surface area contributed by atoms with Gasteiger partial charge in [0.2, 0.25) is 0 Å². The summed E-state index contributed by atoms with van der Waals surface area (Å²) in [6.07, 6.45) is 3.17. The predicted molar refractivity (Wildman–Crippen MR) is 53.3 cm³/mol. The van der Waals surface area contributed by atoms with Crippen molar-refractivity contribution < 1.29 is 4.74 Å². The molecule has 0 aliphatic carbocycles. The van der Waals surface area contributed by atoms with Crippen LogP contribution in [-0.4, -0.2) is 9.97 Å². The molecule has 0 unspecified atom stereocenters. The van der Waals surface area contributed by atoms with Crippen LogP contribution in [0, 0.1) is 6.92 Å². The number of rotatable bonds is 2. The summed E-state index contributed by atoms with van der Waals surface area (Å²) in [7, 11) is 0. The summed E-state index contributed by atoms with van der Waals surface area (Å²) in [5.41, 5.74) is 0.837. The zero-order chi connectivity index (χ0) is 9.80. The highest BCUT2D eigenvalue weighted by Gasteiger charge is 2.00. The van der Waals surface area contributed by atoms with E-state index in [0.717, 1.165) is 11.4 Å². The molecule has 70 valence electrons. The van der Waals surface area contributed by atoms with E-state index >= 15 is 0 Å². The standard InChI is InChI=1S/C11H10N2O/c1-9-11(7-12-8-13-9)14-10-5-3-2-4-6-10/h2-8H,1H3. The normalized spacial score (nSPS) is 9.79. The molecular weight excluding hydrogens is 176 g/mol. The third-order valence-corrected chi connectivity index (χ3v) is 1.84. The largest absolute Gasteiger partial charge is 0.454 e. The van der Waals surface area contributed by atoms with Crippen LogP contribution < -0.4 is 4.74 Å². The Bertz CT molecular complexity index is 415. The SMILES string of the molecule is Cc1ncncc1Oc1ccccc1. The van der Waals surface area contributed by atoms with Gasteiger partial charge in [-0.15, -0.1) is 0 Å². The number of aromatic nitrogens is 2. The molecule has 0 spiro atoms.